The van der Waals surface area contributed by atoms with E-state index in [0.29, 0.717) is 5.57 Å². The van der Waals surface area contributed by atoms with Gasteiger partial charge in [-0.2, -0.15) is 0 Å². The third kappa shape index (κ3) is 5.03. The highest BCUT2D eigenvalue weighted by atomic mass is 16.1. The molecule has 0 saturated heterocycles. The van der Waals surface area contributed by atoms with Gasteiger partial charge in [0.15, 0.2) is 0 Å². The van der Waals surface area contributed by atoms with Crippen LogP contribution in [0.5, 0.6) is 0 Å². The summed E-state index contributed by atoms with van der Waals surface area (Å²) in [6.45, 7) is 1.71. The molecule has 0 atom stereocenters. The number of aldehydes is 1. The predicted molar refractivity (Wildman–Crippen MR) is 42.0 cm³/mol. The minimum atomic E-state index is 0.623. The topological polar surface area (TPSA) is 32.7 Å². The zero-order valence-corrected chi connectivity index (χ0v) is 6.53. The first-order valence-electron chi connectivity index (χ1n) is 2.98. The van der Waals surface area contributed by atoms with Crippen LogP contribution < -0.4 is 0 Å². The molecule has 0 aliphatic rings. The van der Waals surface area contributed by atoms with E-state index >= 15 is 0 Å². The molecule has 0 N–H and O–H groups in total. The smallest absolute Gasteiger partial charge is 0.147 e. The molecular weight excluding hydrogens is 128 g/mol. The Morgan fingerprint density at radius 1 is 1.50 bits per heavy atom. The van der Waals surface area contributed by atoms with Gasteiger partial charge in [-0.25, -0.2) is 4.99 Å². The van der Waals surface area contributed by atoms with Crippen LogP contribution in [-0.2, 0) is 4.79 Å². The normalized spacial score (nSPS) is 12.1. The van der Waals surface area contributed by atoms with Crippen LogP contribution >= 0.6 is 0 Å². The third-order valence-corrected chi connectivity index (χ3v) is 0.762. The summed E-state index contributed by atoms with van der Waals surface area (Å²) < 4.78 is 0. The van der Waals surface area contributed by atoms with E-state index in [1.807, 2.05) is 14.1 Å². The molecular formula is C7H12N2O. The molecule has 0 aromatic heterocycles. The van der Waals surface area contributed by atoms with Crippen LogP contribution in [0.15, 0.2) is 16.8 Å². The van der Waals surface area contributed by atoms with Crippen LogP contribution in [0.25, 0.3) is 0 Å². The van der Waals surface area contributed by atoms with Crippen LogP contribution in [0.3, 0.4) is 0 Å². The van der Waals surface area contributed by atoms with E-state index in [9.17, 15) is 4.79 Å². The summed E-state index contributed by atoms with van der Waals surface area (Å²) in [5, 5.41) is 0. The maximum atomic E-state index is 10.0. The summed E-state index contributed by atoms with van der Waals surface area (Å²) in [5.41, 5.74) is 0.623. The highest BCUT2D eigenvalue weighted by molar-refractivity contribution is 5.72. The molecule has 3 heteroatoms. The quantitative estimate of drug-likeness (QED) is 0.250. The SMILES string of the molecule is C/C(C=O)=C\N=CN(C)C. The van der Waals surface area contributed by atoms with E-state index < -0.39 is 0 Å². The standard InChI is InChI=1S/C7H12N2O/c1-7(5-10)4-8-6-9(2)3/h4-6H,1-3H3/b7-4+,8-6?. The first-order chi connectivity index (χ1) is 4.66. The number of nitrogens with zero attached hydrogens (tertiary/aromatic N) is 2. The summed E-state index contributed by atoms with van der Waals surface area (Å²) >= 11 is 0. The predicted octanol–water partition coefficient (Wildman–Crippen LogP) is 0.679. The Balaban J connectivity index is 3.81. The number of aliphatic imine (C=N–C) groups is 1. The molecule has 0 amide bonds. The first-order valence-corrected chi connectivity index (χ1v) is 2.98. The lowest BCUT2D eigenvalue weighted by molar-refractivity contribution is -0.104. The second-order valence-electron chi connectivity index (χ2n) is 2.22. The zero-order valence-electron chi connectivity index (χ0n) is 6.53. The molecule has 10 heavy (non-hydrogen) atoms. The molecule has 0 heterocycles. The number of hydrogen-bond acceptors (Lipinski definition) is 2. The van der Waals surface area contributed by atoms with Crippen LogP contribution in [0, 0.1) is 0 Å². The Labute approximate surface area is 61.1 Å². The number of allylic oxidation sites excluding steroid dienone is 1. The van der Waals surface area contributed by atoms with Gasteiger partial charge in [0.1, 0.15) is 6.29 Å². The van der Waals surface area contributed by atoms with Crippen molar-refractivity contribution in [1.29, 1.82) is 0 Å². The minimum Gasteiger partial charge on any atom is -0.369 e. The first kappa shape index (κ1) is 8.88. The Bertz CT molecular complexity index is 159. The average Bonchev–Trinajstić information content (AvgIpc) is 1.87. The fourth-order valence-corrected chi connectivity index (χ4v) is 0.315. The van der Waals surface area contributed by atoms with Crippen LogP contribution in [0.2, 0.25) is 0 Å². The van der Waals surface area contributed by atoms with Crippen molar-refractivity contribution < 1.29 is 4.79 Å². The van der Waals surface area contributed by atoms with E-state index in [0.717, 1.165) is 6.29 Å². The van der Waals surface area contributed by atoms with E-state index in [1.165, 1.54) is 6.20 Å². The Morgan fingerprint density at radius 3 is 2.50 bits per heavy atom. The van der Waals surface area contributed by atoms with Gasteiger partial charge in [-0.05, 0) is 6.92 Å². The van der Waals surface area contributed by atoms with Crippen molar-refractivity contribution >= 4 is 12.6 Å². The third-order valence-electron chi connectivity index (χ3n) is 0.762. The van der Waals surface area contributed by atoms with Gasteiger partial charge in [0.2, 0.25) is 0 Å². The number of rotatable bonds is 3. The Kier molecular flexibility index (Phi) is 4.20. The minimum absolute atomic E-state index is 0.623. The van der Waals surface area contributed by atoms with Crippen molar-refractivity contribution in [2.45, 2.75) is 6.92 Å². The molecule has 0 aromatic rings. The molecule has 0 bridgehead atoms. The van der Waals surface area contributed by atoms with E-state index in [4.69, 9.17) is 0 Å². The lowest BCUT2D eigenvalue weighted by Crippen LogP contribution is -2.06. The number of carbonyl (C=O) groups is 1. The zero-order chi connectivity index (χ0) is 7.98. The molecule has 0 spiro atoms. The monoisotopic (exact) mass is 140 g/mol. The van der Waals surface area contributed by atoms with Gasteiger partial charge in [-0.15, -0.1) is 0 Å². The Morgan fingerprint density at radius 2 is 2.10 bits per heavy atom. The summed E-state index contributed by atoms with van der Waals surface area (Å²) in [4.78, 5) is 15.7. The molecule has 0 radical (unpaired) electrons. The highest BCUT2D eigenvalue weighted by Crippen LogP contribution is 1.84. The van der Waals surface area contributed by atoms with Crippen LogP contribution in [0.1, 0.15) is 6.92 Å². The fraction of sp³-hybridized carbons (Fsp3) is 0.429. The molecule has 0 aliphatic carbocycles. The van der Waals surface area contributed by atoms with Gasteiger partial charge in [0.05, 0.1) is 6.34 Å². The Hall–Kier alpha value is -1.12. The molecule has 3 nitrogen and oxygen atoms in total. The average molecular weight is 140 g/mol. The van der Waals surface area contributed by atoms with Gasteiger partial charge in [0, 0.05) is 25.9 Å². The van der Waals surface area contributed by atoms with Gasteiger partial charge < -0.3 is 4.90 Å². The van der Waals surface area contributed by atoms with Crippen molar-refractivity contribution in [3.63, 3.8) is 0 Å². The van der Waals surface area contributed by atoms with Crippen molar-refractivity contribution in [2.24, 2.45) is 4.99 Å². The molecule has 0 fully saturated rings. The number of hydrogen-bond donors (Lipinski definition) is 0. The second-order valence-corrected chi connectivity index (χ2v) is 2.22. The van der Waals surface area contributed by atoms with Crippen molar-refractivity contribution in [3.05, 3.63) is 11.8 Å². The van der Waals surface area contributed by atoms with Crippen LogP contribution in [0.4, 0.5) is 0 Å². The van der Waals surface area contributed by atoms with Gasteiger partial charge in [-0.3, -0.25) is 4.79 Å². The molecule has 0 saturated carbocycles. The van der Waals surface area contributed by atoms with Gasteiger partial charge in [0.25, 0.3) is 0 Å². The molecule has 56 valence electrons. The second kappa shape index (κ2) is 4.73. The summed E-state index contributed by atoms with van der Waals surface area (Å²) in [5.74, 6) is 0. The lowest BCUT2D eigenvalue weighted by atomic mass is 10.4. The summed E-state index contributed by atoms with van der Waals surface area (Å²) in [7, 11) is 3.74. The molecule has 0 aromatic carbocycles. The van der Waals surface area contributed by atoms with E-state index in [2.05, 4.69) is 4.99 Å². The molecule has 0 aliphatic heterocycles. The highest BCUT2D eigenvalue weighted by Gasteiger charge is 1.79. The summed E-state index contributed by atoms with van der Waals surface area (Å²) in [6, 6.07) is 0. The van der Waals surface area contributed by atoms with Crippen molar-refractivity contribution in [3.8, 4) is 0 Å². The fourth-order valence-electron chi connectivity index (χ4n) is 0.315. The van der Waals surface area contributed by atoms with E-state index in [-0.39, 0.29) is 0 Å². The maximum absolute atomic E-state index is 10.0. The van der Waals surface area contributed by atoms with Crippen LogP contribution in [-0.4, -0.2) is 31.6 Å². The number of carbonyl (C=O) groups excluding carboxylic acids is 1. The lowest BCUT2D eigenvalue weighted by Gasteiger charge is -1.99. The maximum Gasteiger partial charge on any atom is 0.147 e. The summed E-state index contributed by atoms with van der Waals surface area (Å²) in [6.07, 6.45) is 3.92. The van der Waals surface area contributed by atoms with Gasteiger partial charge >= 0.3 is 0 Å². The molecule has 0 rings (SSSR count). The van der Waals surface area contributed by atoms with Gasteiger partial charge in [-0.1, -0.05) is 0 Å². The van der Waals surface area contributed by atoms with Crippen molar-refractivity contribution in [2.75, 3.05) is 14.1 Å². The molecule has 0 unspecified atom stereocenters. The van der Waals surface area contributed by atoms with Crippen molar-refractivity contribution in [1.82, 2.24) is 4.90 Å². The van der Waals surface area contributed by atoms with E-state index in [1.54, 1.807) is 18.2 Å². The largest absolute Gasteiger partial charge is 0.369 e.